The van der Waals surface area contributed by atoms with E-state index < -0.39 is 17.4 Å². The SMILES string of the molecule is COC(=O)C(C)(C)NC(=O)/C=C/c1cnc(OC)nc1OC. The number of rotatable bonds is 6. The summed E-state index contributed by atoms with van der Waals surface area (Å²) in [7, 11) is 4.14. The second kappa shape index (κ2) is 7.39. The van der Waals surface area contributed by atoms with Crippen molar-refractivity contribution in [3.63, 3.8) is 0 Å². The number of esters is 1. The van der Waals surface area contributed by atoms with Crippen LogP contribution in [-0.4, -0.2) is 48.7 Å². The van der Waals surface area contributed by atoms with Gasteiger partial charge < -0.3 is 19.5 Å². The topological polar surface area (TPSA) is 99.6 Å². The van der Waals surface area contributed by atoms with Gasteiger partial charge in [-0.1, -0.05) is 0 Å². The van der Waals surface area contributed by atoms with Gasteiger partial charge in [0.25, 0.3) is 0 Å². The van der Waals surface area contributed by atoms with E-state index in [0.717, 1.165) is 0 Å². The Morgan fingerprint density at radius 2 is 1.91 bits per heavy atom. The molecular weight excluding hydrogens is 290 g/mol. The first kappa shape index (κ1) is 17.4. The maximum absolute atomic E-state index is 11.9. The molecule has 8 heteroatoms. The lowest BCUT2D eigenvalue weighted by atomic mass is 10.1. The molecule has 1 amide bonds. The van der Waals surface area contributed by atoms with Crippen molar-refractivity contribution < 1.29 is 23.8 Å². The molecule has 0 spiro atoms. The average Bonchev–Trinajstić information content (AvgIpc) is 2.51. The van der Waals surface area contributed by atoms with Gasteiger partial charge in [0.05, 0.1) is 26.9 Å². The van der Waals surface area contributed by atoms with Crippen LogP contribution in [0.5, 0.6) is 11.9 Å². The lowest BCUT2D eigenvalue weighted by Crippen LogP contribution is -2.49. The Bertz CT molecular complexity index is 584. The van der Waals surface area contributed by atoms with Gasteiger partial charge in [-0.3, -0.25) is 4.79 Å². The molecule has 1 rings (SSSR count). The third-order valence-corrected chi connectivity index (χ3v) is 2.68. The van der Waals surface area contributed by atoms with E-state index in [4.69, 9.17) is 9.47 Å². The molecule has 0 unspecified atom stereocenters. The van der Waals surface area contributed by atoms with Gasteiger partial charge >= 0.3 is 12.0 Å². The molecular formula is C14H19N3O5. The lowest BCUT2D eigenvalue weighted by molar-refractivity contribution is -0.148. The number of ether oxygens (including phenoxy) is 3. The molecule has 1 aromatic heterocycles. The summed E-state index contributed by atoms with van der Waals surface area (Å²) in [5.41, 5.74) is -0.634. The number of aromatic nitrogens is 2. The number of carbonyl (C=O) groups is 2. The Morgan fingerprint density at radius 3 is 2.45 bits per heavy atom. The zero-order valence-electron chi connectivity index (χ0n) is 13.2. The molecule has 0 saturated carbocycles. The Hall–Kier alpha value is -2.64. The number of hydrogen-bond acceptors (Lipinski definition) is 7. The summed E-state index contributed by atoms with van der Waals surface area (Å²) in [5, 5.41) is 2.53. The zero-order chi connectivity index (χ0) is 16.8. The molecule has 22 heavy (non-hydrogen) atoms. The summed E-state index contributed by atoms with van der Waals surface area (Å²) in [5.74, 6) is -0.740. The minimum Gasteiger partial charge on any atom is -0.480 e. The normalized spacial score (nSPS) is 11.1. The van der Waals surface area contributed by atoms with E-state index >= 15 is 0 Å². The number of nitrogens with one attached hydrogen (secondary N) is 1. The summed E-state index contributed by atoms with van der Waals surface area (Å²) in [6.45, 7) is 3.09. The predicted molar refractivity (Wildman–Crippen MR) is 78.4 cm³/mol. The molecule has 0 aromatic carbocycles. The van der Waals surface area contributed by atoms with E-state index in [0.29, 0.717) is 5.56 Å². The summed E-state index contributed by atoms with van der Waals surface area (Å²) in [4.78, 5) is 31.3. The van der Waals surface area contributed by atoms with Crippen LogP contribution in [0.15, 0.2) is 12.3 Å². The molecule has 8 nitrogen and oxygen atoms in total. The first-order chi connectivity index (χ1) is 10.3. The molecule has 0 aliphatic carbocycles. The number of carbonyl (C=O) groups excluding carboxylic acids is 2. The second-order valence-electron chi connectivity index (χ2n) is 4.76. The van der Waals surface area contributed by atoms with Crippen LogP contribution in [0.3, 0.4) is 0 Å². The van der Waals surface area contributed by atoms with Crippen molar-refractivity contribution in [2.24, 2.45) is 0 Å². The Kier molecular flexibility index (Phi) is 5.85. The van der Waals surface area contributed by atoms with Gasteiger partial charge in [0.1, 0.15) is 5.54 Å². The monoisotopic (exact) mass is 309 g/mol. The van der Waals surface area contributed by atoms with Crippen molar-refractivity contribution >= 4 is 18.0 Å². The number of methoxy groups -OCH3 is 3. The maximum atomic E-state index is 11.9. The first-order valence-electron chi connectivity index (χ1n) is 6.37. The van der Waals surface area contributed by atoms with Crippen molar-refractivity contribution in [2.45, 2.75) is 19.4 Å². The molecule has 1 N–H and O–H groups in total. The molecule has 0 saturated heterocycles. The van der Waals surface area contributed by atoms with Crippen molar-refractivity contribution in [3.8, 4) is 11.9 Å². The van der Waals surface area contributed by atoms with Gasteiger partial charge in [-0.15, -0.1) is 0 Å². The summed E-state index contributed by atoms with van der Waals surface area (Å²) in [6.07, 6.45) is 4.18. The van der Waals surface area contributed by atoms with Crippen LogP contribution >= 0.6 is 0 Å². The fraction of sp³-hybridized carbons (Fsp3) is 0.429. The zero-order valence-corrected chi connectivity index (χ0v) is 13.2. The van der Waals surface area contributed by atoms with Crippen LogP contribution in [0.4, 0.5) is 0 Å². The van der Waals surface area contributed by atoms with E-state index in [1.54, 1.807) is 13.8 Å². The standard InChI is InChI=1S/C14H19N3O5/c1-14(2,12(19)21-4)17-10(18)7-6-9-8-15-13(22-5)16-11(9)20-3/h6-8H,1-5H3,(H,17,18)/b7-6+. The Labute approximate surface area is 128 Å². The van der Waals surface area contributed by atoms with Gasteiger partial charge in [-0.2, -0.15) is 4.98 Å². The smallest absolute Gasteiger partial charge is 0.330 e. The molecule has 0 radical (unpaired) electrons. The van der Waals surface area contributed by atoms with Crippen LogP contribution in [0.2, 0.25) is 0 Å². The van der Waals surface area contributed by atoms with Gasteiger partial charge in [-0.25, -0.2) is 9.78 Å². The Balaban J connectivity index is 2.84. The van der Waals surface area contributed by atoms with Crippen molar-refractivity contribution in [1.29, 1.82) is 0 Å². The molecule has 0 aliphatic rings. The van der Waals surface area contributed by atoms with E-state index in [9.17, 15) is 9.59 Å². The van der Waals surface area contributed by atoms with Gasteiger partial charge in [-0.05, 0) is 19.9 Å². The Morgan fingerprint density at radius 1 is 1.23 bits per heavy atom. The molecule has 1 aromatic rings. The van der Waals surface area contributed by atoms with Crippen molar-refractivity contribution in [3.05, 3.63) is 17.8 Å². The van der Waals surface area contributed by atoms with Crippen LogP contribution in [0.1, 0.15) is 19.4 Å². The van der Waals surface area contributed by atoms with Crippen LogP contribution in [-0.2, 0) is 14.3 Å². The van der Waals surface area contributed by atoms with Gasteiger partial charge in [0.15, 0.2) is 0 Å². The predicted octanol–water partition coefficient (Wildman–Crippen LogP) is 0.575. The van der Waals surface area contributed by atoms with E-state index in [2.05, 4.69) is 20.0 Å². The lowest BCUT2D eigenvalue weighted by Gasteiger charge is -2.22. The summed E-state index contributed by atoms with van der Waals surface area (Å²) in [6, 6.07) is 0.158. The molecule has 0 aliphatic heterocycles. The molecule has 0 fully saturated rings. The minimum absolute atomic E-state index is 0.158. The van der Waals surface area contributed by atoms with Crippen LogP contribution in [0.25, 0.3) is 6.08 Å². The summed E-state index contributed by atoms with van der Waals surface area (Å²) >= 11 is 0. The number of amides is 1. The van der Waals surface area contributed by atoms with Gasteiger partial charge in [0, 0.05) is 12.3 Å². The molecule has 0 bridgehead atoms. The fourth-order valence-corrected chi connectivity index (χ4v) is 1.56. The van der Waals surface area contributed by atoms with E-state index in [-0.39, 0.29) is 11.9 Å². The summed E-state index contributed by atoms with van der Waals surface area (Å²) < 4.78 is 14.6. The fourth-order valence-electron chi connectivity index (χ4n) is 1.56. The highest BCUT2D eigenvalue weighted by Gasteiger charge is 2.29. The number of hydrogen-bond donors (Lipinski definition) is 1. The molecule has 120 valence electrons. The number of nitrogens with zero attached hydrogens (tertiary/aromatic N) is 2. The van der Waals surface area contributed by atoms with E-state index in [1.807, 2.05) is 0 Å². The average molecular weight is 309 g/mol. The van der Waals surface area contributed by atoms with Crippen molar-refractivity contribution in [2.75, 3.05) is 21.3 Å². The highest BCUT2D eigenvalue weighted by atomic mass is 16.5. The van der Waals surface area contributed by atoms with Crippen LogP contribution in [0, 0.1) is 0 Å². The minimum atomic E-state index is -1.13. The third-order valence-electron chi connectivity index (χ3n) is 2.68. The third kappa shape index (κ3) is 4.44. The molecule has 1 heterocycles. The van der Waals surface area contributed by atoms with E-state index in [1.165, 1.54) is 39.7 Å². The molecule has 0 atom stereocenters. The second-order valence-corrected chi connectivity index (χ2v) is 4.76. The first-order valence-corrected chi connectivity index (χ1v) is 6.37. The highest BCUT2D eigenvalue weighted by molar-refractivity contribution is 5.96. The highest BCUT2D eigenvalue weighted by Crippen LogP contribution is 2.18. The van der Waals surface area contributed by atoms with Gasteiger partial charge in [0.2, 0.25) is 11.8 Å². The largest absolute Gasteiger partial charge is 0.480 e. The quantitative estimate of drug-likeness (QED) is 0.606. The van der Waals surface area contributed by atoms with Crippen LogP contribution < -0.4 is 14.8 Å². The maximum Gasteiger partial charge on any atom is 0.330 e. The van der Waals surface area contributed by atoms with Crippen molar-refractivity contribution in [1.82, 2.24) is 15.3 Å².